The van der Waals surface area contributed by atoms with Crippen molar-refractivity contribution in [2.75, 3.05) is 5.32 Å². The summed E-state index contributed by atoms with van der Waals surface area (Å²) in [6.07, 6.45) is 11.0. The van der Waals surface area contributed by atoms with Crippen LogP contribution in [0.15, 0.2) is 28.2 Å². The Balaban J connectivity index is 1.25. The third-order valence-electron chi connectivity index (χ3n) is 6.51. The van der Waals surface area contributed by atoms with Crippen LogP contribution in [-0.4, -0.2) is 10.9 Å². The van der Waals surface area contributed by atoms with Gasteiger partial charge in [0.1, 0.15) is 5.76 Å². The molecule has 4 saturated carbocycles. The van der Waals surface area contributed by atoms with Crippen LogP contribution in [0, 0.1) is 17.8 Å². The van der Waals surface area contributed by atoms with Crippen molar-refractivity contribution in [3.8, 4) is 0 Å². The summed E-state index contributed by atoms with van der Waals surface area (Å²) in [4.78, 5) is 17.0. The van der Waals surface area contributed by atoms with Crippen molar-refractivity contribution in [3.05, 3.63) is 35.2 Å². The molecule has 2 aromatic heterocycles. The number of carbonyl (C=O) groups is 1. The number of nitrogens with one attached hydrogen (secondary N) is 1. The minimum Gasteiger partial charge on any atom is -0.469 e. The van der Waals surface area contributed by atoms with Gasteiger partial charge in [-0.25, -0.2) is 4.98 Å². The van der Waals surface area contributed by atoms with E-state index >= 15 is 0 Å². The lowest BCUT2D eigenvalue weighted by Gasteiger charge is -2.56. The Labute approximate surface area is 152 Å². The summed E-state index contributed by atoms with van der Waals surface area (Å²) < 4.78 is 5.28. The summed E-state index contributed by atoms with van der Waals surface area (Å²) in [6.45, 7) is 0. The van der Waals surface area contributed by atoms with Gasteiger partial charge in [-0.15, -0.1) is 11.3 Å². The zero-order chi connectivity index (χ0) is 16.9. The van der Waals surface area contributed by atoms with E-state index in [0.29, 0.717) is 18.3 Å². The molecule has 2 heterocycles. The van der Waals surface area contributed by atoms with Crippen molar-refractivity contribution in [3.63, 3.8) is 0 Å². The average molecular weight is 356 g/mol. The molecule has 132 valence electrons. The molecule has 4 nitrogen and oxygen atoms in total. The number of furan rings is 1. The summed E-state index contributed by atoms with van der Waals surface area (Å²) in [5.74, 6) is 3.62. The van der Waals surface area contributed by atoms with Gasteiger partial charge < -0.3 is 9.73 Å². The zero-order valence-corrected chi connectivity index (χ0v) is 15.2. The van der Waals surface area contributed by atoms with Gasteiger partial charge in [-0.05, 0) is 68.4 Å². The van der Waals surface area contributed by atoms with Crippen LogP contribution in [-0.2, 0) is 16.6 Å². The van der Waals surface area contributed by atoms with Crippen LogP contribution in [0.4, 0.5) is 5.13 Å². The number of anilines is 1. The fraction of sp³-hybridized carbons (Fsp3) is 0.600. The van der Waals surface area contributed by atoms with E-state index in [-0.39, 0.29) is 5.91 Å². The molecule has 0 radical (unpaired) electrons. The largest absolute Gasteiger partial charge is 0.469 e. The lowest BCUT2D eigenvalue weighted by atomic mass is 9.49. The number of amides is 1. The van der Waals surface area contributed by atoms with E-state index in [0.717, 1.165) is 28.6 Å². The molecule has 2 aromatic rings. The lowest BCUT2D eigenvalue weighted by Crippen LogP contribution is -2.48. The van der Waals surface area contributed by atoms with E-state index in [1.807, 2.05) is 12.1 Å². The molecule has 0 aliphatic heterocycles. The van der Waals surface area contributed by atoms with E-state index in [9.17, 15) is 4.79 Å². The van der Waals surface area contributed by atoms with E-state index in [1.54, 1.807) is 17.6 Å². The molecule has 5 heteroatoms. The van der Waals surface area contributed by atoms with Crippen LogP contribution in [0.2, 0.25) is 0 Å². The van der Waals surface area contributed by atoms with Gasteiger partial charge in [-0.2, -0.15) is 0 Å². The quantitative estimate of drug-likeness (QED) is 0.839. The summed E-state index contributed by atoms with van der Waals surface area (Å²) in [5, 5.41) is 5.95. The minimum atomic E-state index is 0.0165. The Kier molecular flexibility index (Phi) is 3.73. The predicted octanol–water partition coefficient (Wildman–Crippen LogP) is 4.78. The van der Waals surface area contributed by atoms with Crippen molar-refractivity contribution in [1.82, 2.24) is 4.98 Å². The first-order chi connectivity index (χ1) is 12.2. The Morgan fingerprint density at radius 3 is 2.60 bits per heavy atom. The summed E-state index contributed by atoms with van der Waals surface area (Å²) >= 11 is 1.58. The maximum absolute atomic E-state index is 12.2. The van der Waals surface area contributed by atoms with Crippen molar-refractivity contribution in [2.24, 2.45) is 17.8 Å². The normalized spacial score (nSPS) is 32.9. The molecule has 4 aliphatic carbocycles. The molecule has 4 aliphatic rings. The van der Waals surface area contributed by atoms with Gasteiger partial charge in [0.25, 0.3) is 0 Å². The fourth-order valence-corrected chi connectivity index (χ4v) is 6.72. The molecular formula is C20H24N2O2S. The van der Waals surface area contributed by atoms with Gasteiger partial charge in [0, 0.05) is 23.6 Å². The SMILES string of the molecule is O=C(CCc1ccco1)Nc1nc(C23CC4CC(CC(C4)C2)C3)cs1. The Morgan fingerprint density at radius 1 is 1.24 bits per heavy atom. The van der Waals surface area contributed by atoms with E-state index in [4.69, 9.17) is 9.40 Å². The second kappa shape index (κ2) is 5.97. The Morgan fingerprint density at radius 2 is 1.96 bits per heavy atom. The standard InChI is InChI=1S/C20H24N2O2S/c23-18(4-3-16-2-1-5-24-16)22-19-21-17(12-25-19)20-9-13-6-14(10-20)8-15(7-13)11-20/h1-2,5,12-15H,3-4,6-11H2,(H,21,22,23). The minimum absolute atomic E-state index is 0.0165. The van der Waals surface area contributed by atoms with Crippen molar-refractivity contribution < 1.29 is 9.21 Å². The van der Waals surface area contributed by atoms with Crippen LogP contribution in [0.25, 0.3) is 0 Å². The first-order valence-electron chi connectivity index (χ1n) is 9.47. The topological polar surface area (TPSA) is 55.1 Å². The molecule has 4 fully saturated rings. The summed E-state index contributed by atoms with van der Waals surface area (Å²) in [7, 11) is 0. The highest BCUT2D eigenvalue weighted by molar-refractivity contribution is 7.13. The van der Waals surface area contributed by atoms with E-state index in [2.05, 4.69) is 10.7 Å². The number of aryl methyl sites for hydroxylation is 1. The molecule has 0 spiro atoms. The highest BCUT2D eigenvalue weighted by Crippen LogP contribution is 2.60. The van der Waals surface area contributed by atoms with Gasteiger partial charge in [0.05, 0.1) is 12.0 Å². The van der Waals surface area contributed by atoms with Crippen LogP contribution in [0.5, 0.6) is 0 Å². The van der Waals surface area contributed by atoms with E-state index < -0.39 is 0 Å². The van der Waals surface area contributed by atoms with Gasteiger partial charge in [0.15, 0.2) is 5.13 Å². The molecule has 0 atom stereocenters. The number of thiazole rings is 1. The molecule has 4 bridgehead atoms. The smallest absolute Gasteiger partial charge is 0.226 e. The molecule has 1 amide bonds. The van der Waals surface area contributed by atoms with Gasteiger partial charge in [-0.3, -0.25) is 4.79 Å². The van der Waals surface area contributed by atoms with Crippen LogP contribution in [0.1, 0.15) is 56.4 Å². The van der Waals surface area contributed by atoms with Crippen LogP contribution < -0.4 is 5.32 Å². The van der Waals surface area contributed by atoms with Crippen LogP contribution >= 0.6 is 11.3 Å². The number of hydrogen-bond acceptors (Lipinski definition) is 4. The molecule has 6 rings (SSSR count). The summed E-state index contributed by atoms with van der Waals surface area (Å²) in [5.41, 5.74) is 1.56. The number of nitrogens with zero attached hydrogens (tertiary/aromatic N) is 1. The third kappa shape index (κ3) is 2.92. The maximum atomic E-state index is 12.2. The summed E-state index contributed by atoms with van der Waals surface area (Å²) in [6, 6.07) is 3.76. The highest BCUT2D eigenvalue weighted by Gasteiger charge is 2.52. The van der Waals surface area contributed by atoms with Gasteiger partial charge >= 0.3 is 0 Å². The Bertz CT molecular complexity index is 729. The second-order valence-electron chi connectivity index (χ2n) is 8.36. The Hall–Kier alpha value is -1.62. The average Bonchev–Trinajstić information content (AvgIpc) is 3.23. The molecule has 25 heavy (non-hydrogen) atoms. The van der Waals surface area contributed by atoms with Crippen molar-refractivity contribution in [1.29, 1.82) is 0 Å². The highest BCUT2D eigenvalue weighted by atomic mass is 32.1. The van der Waals surface area contributed by atoms with Crippen molar-refractivity contribution >= 4 is 22.4 Å². The van der Waals surface area contributed by atoms with E-state index in [1.165, 1.54) is 44.2 Å². The molecule has 1 N–H and O–H groups in total. The van der Waals surface area contributed by atoms with Gasteiger partial charge in [-0.1, -0.05) is 0 Å². The van der Waals surface area contributed by atoms with Gasteiger partial charge in [0.2, 0.25) is 5.91 Å². The first kappa shape index (κ1) is 15.6. The second-order valence-corrected chi connectivity index (χ2v) is 9.22. The van der Waals surface area contributed by atoms with Crippen molar-refractivity contribution in [2.45, 2.75) is 56.8 Å². The number of aromatic nitrogens is 1. The maximum Gasteiger partial charge on any atom is 0.226 e. The number of hydrogen-bond donors (Lipinski definition) is 1. The fourth-order valence-electron chi connectivity index (χ4n) is 5.87. The zero-order valence-electron chi connectivity index (χ0n) is 14.4. The van der Waals surface area contributed by atoms with Crippen LogP contribution in [0.3, 0.4) is 0 Å². The lowest BCUT2D eigenvalue weighted by molar-refractivity contribution is -0.116. The molecule has 0 saturated heterocycles. The number of carbonyl (C=O) groups excluding carboxylic acids is 1. The molecule has 0 unspecified atom stereocenters. The predicted molar refractivity (Wildman–Crippen MR) is 97.6 cm³/mol. The monoisotopic (exact) mass is 356 g/mol. The number of rotatable bonds is 5. The first-order valence-corrected chi connectivity index (χ1v) is 10.3. The molecule has 0 aromatic carbocycles. The third-order valence-corrected chi connectivity index (χ3v) is 7.27. The molecular weight excluding hydrogens is 332 g/mol.